The van der Waals surface area contributed by atoms with Crippen LogP contribution in [0.4, 0.5) is 0 Å². The molecule has 1 aliphatic rings. The van der Waals surface area contributed by atoms with Crippen LogP contribution >= 0.6 is 24.0 Å². The van der Waals surface area contributed by atoms with Crippen LogP contribution in [-0.2, 0) is 10.2 Å². The molecule has 1 aromatic carbocycles. The van der Waals surface area contributed by atoms with Gasteiger partial charge in [0.05, 0.1) is 6.54 Å². The van der Waals surface area contributed by atoms with Crippen LogP contribution in [0.25, 0.3) is 0 Å². The predicted octanol–water partition coefficient (Wildman–Crippen LogP) is 3.93. The van der Waals surface area contributed by atoms with E-state index in [0.717, 1.165) is 44.9 Å². The molecule has 158 valence electrons. The summed E-state index contributed by atoms with van der Waals surface area (Å²) in [7, 11) is 0. The molecule has 5 nitrogen and oxygen atoms in total. The summed E-state index contributed by atoms with van der Waals surface area (Å²) < 4.78 is 0. The molecule has 1 saturated heterocycles. The molecule has 2 rings (SSSR count). The number of hydrogen-bond acceptors (Lipinski definition) is 2. The minimum atomic E-state index is -0.0163. The van der Waals surface area contributed by atoms with Gasteiger partial charge in [-0.3, -0.25) is 9.79 Å². The van der Waals surface area contributed by atoms with Gasteiger partial charge in [-0.15, -0.1) is 24.0 Å². The standard InChI is InChI=1S/C22H36N4O.HI/c1-5-19(26-16-10-13-20(26)27)14-15-24-21(23-6-2)25-17-22(3,4)18-11-8-7-9-12-18;/h7-9,11-12,19H,5-6,10,13-17H2,1-4H3,(H2,23,24,25);1H. The van der Waals surface area contributed by atoms with Gasteiger partial charge in [-0.05, 0) is 31.7 Å². The second kappa shape index (κ2) is 12.3. The first kappa shape index (κ1) is 24.7. The monoisotopic (exact) mass is 500 g/mol. The largest absolute Gasteiger partial charge is 0.357 e. The molecule has 28 heavy (non-hydrogen) atoms. The molecule has 1 fully saturated rings. The molecule has 2 N–H and O–H groups in total. The lowest BCUT2D eigenvalue weighted by molar-refractivity contribution is -0.129. The van der Waals surface area contributed by atoms with Crippen LogP contribution < -0.4 is 10.6 Å². The fourth-order valence-corrected chi connectivity index (χ4v) is 3.59. The summed E-state index contributed by atoms with van der Waals surface area (Å²) in [5.74, 6) is 1.16. The van der Waals surface area contributed by atoms with E-state index >= 15 is 0 Å². The van der Waals surface area contributed by atoms with Gasteiger partial charge in [0.15, 0.2) is 5.96 Å². The van der Waals surface area contributed by atoms with E-state index in [9.17, 15) is 4.79 Å². The molecule has 0 radical (unpaired) electrons. The number of nitrogens with zero attached hydrogens (tertiary/aromatic N) is 2. The Morgan fingerprint density at radius 2 is 1.93 bits per heavy atom. The third kappa shape index (κ3) is 7.26. The van der Waals surface area contributed by atoms with Crippen molar-refractivity contribution in [2.24, 2.45) is 4.99 Å². The van der Waals surface area contributed by atoms with E-state index < -0.39 is 0 Å². The van der Waals surface area contributed by atoms with Crippen LogP contribution in [0, 0.1) is 0 Å². The highest BCUT2D eigenvalue weighted by atomic mass is 127. The van der Waals surface area contributed by atoms with E-state index in [4.69, 9.17) is 4.99 Å². The Bertz CT molecular complexity index is 618. The Balaban J connectivity index is 0.00000392. The Kier molecular flexibility index (Phi) is 10.9. The van der Waals surface area contributed by atoms with E-state index in [0.29, 0.717) is 24.9 Å². The molecule has 6 heteroatoms. The van der Waals surface area contributed by atoms with Crippen molar-refractivity contribution in [3.05, 3.63) is 35.9 Å². The van der Waals surface area contributed by atoms with Gasteiger partial charge in [-0.1, -0.05) is 51.1 Å². The van der Waals surface area contributed by atoms with E-state index in [1.54, 1.807) is 0 Å². The van der Waals surface area contributed by atoms with Crippen molar-refractivity contribution in [1.29, 1.82) is 0 Å². The summed E-state index contributed by atoms with van der Waals surface area (Å²) >= 11 is 0. The quantitative estimate of drug-likeness (QED) is 0.307. The Hall–Kier alpha value is -1.31. The number of rotatable bonds is 9. The van der Waals surface area contributed by atoms with E-state index in [1.807, 2.05) is 6.07 Å². The molecule has 0 bridgehead atoms. The minimum Gasteiger partial charge on any atom is -0.357 e. The Morgan fingerprint density at radius 3 is 2.50 bits per heavy atom. The second-order valence-corrected chi connectivity index (χ2v) is 7.91. The molecule has 0 saturated carbocycles. The molecule has 1 amide bonds. The van der Waals surface area contributed by atoms with Crippen molar-refractivity contribution in [3.63, 3.8) is 0 Å². The molecule has 1 atom stereocenters. The maximum atomic E-state index is 12.0. The van der Waals surface area contributed by atoms with Crippen molar-refractivity contribution in [2.75, 3.05) is 26.2 Å². The molecule has 1 heterocycles. The lowest BCUT2D eigenvalue weighted by Gasteiger charge is -2.27. The van der Waals surface area contributed by atoms with Crippen molar-refractivity contribution in [1.82, 2.24) is 15.5 Å². The Morgan fingerprint density at radius 1 is 1.21 bits per heavy atom. The number of likely N-dealkylation sites (tertiary alicyclic amines) is 1. The van der Waals surface area contributed by atoms with E-state index in [-0.39, 0.29) is 29.4 Å². The first-order valence-corrected chi connectivity index (χ1v) is 10.3. The topological polar surface area (TPSA) is 56.7 Å². The third-order valence-corrected chi connectivity index (χ3v) is 5.32. The average Bonchev–Trinajstić information content (AvgIpc) is 3.10. The van der Waals surface area contributed by atoms with Gasteiger partial charge in [0.1, 0.15) is 0 Å². The lowest BCUT2D eigenvalue weighted by Crippen LogP contribution is -2.42. The van der Waals surface area contributed by atoms with Gasteiger partial charge in [0.2, 0.25) is 5.91 Å². The molecular formula is C22H37IN4O. The number of hydrogen-bond donors (Lipinski definition) is 2. The zero-order valence-electron chi connectivity index (χ0n) is 17.8. The number of halogens is 1. The maximum Gasteiger partial charge on any atom is 0.222 e. The predicted molar refractivity (Wildman–Crippen MR) is 129 cm³/mol. The first-order chi connectivity index (χ1) is 13.0. The molecule has 0 spiro atoms. The van der Waals surface area contributed by atoms with Crippen molar-refractivity contribution < 1.29 is 4.79 Å². The third-order valence-electron chi connectivity index (χ3n) is 5.32. The fraction of sp³-hybridized carbons (Fsp3) is 0.636. The van der Waals surface area contributed by atoms with Crippen LogP contribution in [0.3, 0.4) is 0 Å². The summed E-state index contributed by atoms with van der Waals surface area (Å²) in [5, 5.41) is 6.78. The number of amides is 1. The normalized spacial score (nSPS) is 15.9. The molecule has 1 aliphatic heterocycles. The zero-order valence-corrected chi connectivity index (χ0v) is 20.2. The number of carbonyl (C=O) groups is 1. The molecule has 0 aliphatic carbocycles. The summed E-state index contributed by atoms with van der Waals surface area (Å²) in [6.45, 7) is 12.0. The smallest absolute Gasteiger partial charge is 0.222 e. The van der Waals surface area contributed by atoms with Gasteiger partial charge in [-0.25, -0.2) is 0 Å². The molecular weight excluding hydrogens is 463 g/mol. The summed E-state index contributed by atoms with van der Waals surface area (Å²) in [5.41, 5.74) is 1.28. The molecule has 1 unspecified atom stereocenters. The lowest BCUT2D eigenvalue weighted by atomic mass is 9.85. The van der Waals surface area contributed by atoms with Crippen LogP contribution in [0.5, 0.6) is 0 Å². The average molecular weight is 500 g/mol. The highest BCUT2D eigenvalue weighted by Gasteiger charge is 2.26. The molecule has 1 aromatic rings. The Labute approximate surface area is 187 Å². The number of benzene rings is 1. The fourth-order valence-electron chi connectivity index (χ4n) is 3.59. The highest BCUT2D eigenvalue weighted by Crippen LogP contribution is 2.23. The number of aliphatic imine (C=N–C) groups is 1. The summed E-state index contributed by atoms with van der Waals surface area (Å²) in [6, 6.07) is 10.9. The van der Waals surface area contributed by atoms with E-state index in [2.05, 4.69) is 67.5 Å². The zero-order chi connectivity index (χ0) is 19.7. The van der Waals surface area contributed by atoms with Gasteiger partial charge in [0, 0.05) is 37.5 Å². The maximum absolute atomic E-state index is 12.0. The van der Waals surface area contributed by atoms with Gasteiger partial charge in [0.25, 0.3) is 0 Å². The summed E-state index contributed by atoms with van der Waals surface area (Å²) in [4.78, 5) is 18.9. The van der Waals surface area contributed by atoms with E-state index in [1.165, 1.54) is 5.56 Å². The van der Waals surface area contributed by atoms with Crippen LogP contribution in [0.15, 0.2) is 35.3 Å². The van der Waals surface area contributed by atoms with Crippen molar-refractivity contribution in [3.8, 4) is 0 Å². The first-order valence-electron chi connectivity index (χ1n) is 10.3. The number of guanidine groups is 1. The van der Waals surface area contributed by atoms with Crippen LogP contribution in [-0.4, -0.2) is 49.0 Å². The van der Waals surface area contributed by atoms with Gasteiger partial charge < -0.3 is 15.5 Å². The highest BCUT2D eigenvalue weighted by molar-refractivity contribution is 14.0. The summed E-state index contributed by atoms with van der Waals surface area (Å²) in [6.07, 6.45) is 3.67. The number of carbonyl (C=O) groups excluding carboxylic acids is 1. The second-order valence-electron chi connectivity index (χ2n) is 7.91. The SMILES string of the molecule is CCNC(=NCC(C)(C)c1ccccc1)NCCC(CC)N1CCCC1=O.I. The van der Waals surface area contributed by atoms with Crippen molar-refractivity contribution in [2.45, 2.75) is 64.8 Å². The van der Waals surface area contributed by atoms with Gasteiger partial charge >= 0.3 is 0 Å². The molecule has 0 aromatic heterocycles. The van der Waals surface area contributed by atoms with Crippen molar-refractivity contribution >= 4 is 35.8 Å². The van der Waals surface area contributed by atoms with Crippen LogP contribution in [0.1, 0.15) is 58.9 Å². The number of nitrogens with one attached hydrogen (secondary N) is 2. The minimum absolute atomic E-state index is 0. The van der Waals surface area contributed by atoms with Gasteiger partial charge in [-0.2, -0.15) is 0 Å². The van der Waals surface area contributed by atoms with Crippen LogP contribution in [0.2, 0.25) is 0 Å².